The lowest BCUT2D eigenvalue weighted by molar-refractivity contribution is 0.661. The molecule has 0 aromatic heterocycles. The van der Waals surface area contributed by atoms with Crippen molar-refractivity contribution < 1.29 is 0 Å². The van der Waals surface area contributed by atoms with Gasteiger partial charge in [0.2, 0.25) is 0 Å². The van der Waals surface area contributed by atoms with Crippen LogP contribution in [0.4, 0.5) is 0 Å². The molecule has 0 amide bonds. The normalized spacial score (nSPS) is 12.4. The topological polar surface area (TPSA) is 12.0 Å². The minimum atomic E-state index is 0.240. The van der Waals surface area contributed by atoms with Crippen molar-refractivity contribution >= 4 is 20.4 Å². The van der Waals surface area contributed by atoms with Crippen LogP contribution in [-0.4, -0.2) is 6.04 Å². The van der Waals surface area contributed by atoms with Crippen LogP contribution in [0.5, 0.6) is 0 Å². The Labute approximate surface area is 125 Å². The second kappa shape index (κ2) is 7.34. The number of hydrogen-bond acceptors (Lipinski definition) is 1. The predicted molar refractivity (Wildman–Crippen MR) is 89.4 cm³/mol. The van der Waals surface area contributed by atoms with Gasteiger partial charge >= 0.3 is 0 Å². The first-order chi connectivity index (χ1) is 8.95. The van der Waals surface area contributed by atoms with E-state index in [9.17, 15) is 0 Å². The molecule has 0 saturated heterocycles. The average molecular weight is 320 g/mol. The van der Waals surface area contributed by atoms with Crippen LogP contribution in [-0.2, 0) is 6.42 Å². The minimum absolute atomic E-state index is 0.240. The second-order valence-corrected chi connectivity index (χ2v) is 5.79. The van der Waals surface area contributed by atoms with Crippen LogP contribution in [0.3, 0.4) is 0 Å². The molecule has 0 aliphatic rings. The predicted octanol–water partition coefficient (Wildman–Crippen LogP) is 4.97. The number of hydrogen-bond donors (Lipinski definition) is 1. The van der Waals surface area contributed by atoms with Crippen molar-refractivity contribution in [2.24, 2.45) is 0 Å². The van der Waals surface area contributed by atoms with Crippen molar-refractivity contribution in [2.45, 2.75) is 33.2 Å². The molecule has 1 aromatic carbocycles. The van der Waals surface area contributed by atoms with Crippen molar-refractivity contribution in [1.82, 2.24) is 5.32 Å². The molecule has 1 unspecified atom stereocenters. The Balaban J connectivity index is 3.02. The molecule has 0 bridgehead atoms. The van der Waals surface area contributed by atoms with E-state index in [-0.39, 0.29) is 6.04 Å². The van der Waals surface area contributed by atoms with Gasteiger partial charge in [-0.2, -0.15) is 0 Å². The van der Waals surface area contributed by atoms with E-state index in [1.165, 1.54) is 16.7 Å². The van der Waals surface area contributed by atoms with Gasteiger partial charge in [0.25, 0.3) is 0 Å². The zero-order valence-corrected chi connectivity index (χ0v) is 13.5. The van der Waals surface area contributed by atoms with Gasteiger partial charge in [0.1, 0.15) is 0 Å². The number of allylic oxidation sites excluding steroid dienone is 1. The summed E-state index contributed by atoms with van der Waals surface area (Å²) in [5.74, 6) is 0. The lowest BCUT2D eigenvalue weighted by Gasteiger charge is -2.20. The highest BCUT2D eigenvalue weighted by atomic mass is 79.9. The van der Waals surface area contributed by atoms with Crippen LogP contribution in [0.15, 0.2) is 49.2 Å². The van der Waals surface area contributed by atoms with Gasteiger partial charge < -0.3 is 5.32 Å². The maximum absolute atomic E-state index is 4.07. The molecule has 19 heavy (non-hydrogen) atoms. The van der Waals surface area contributed by atoms with Crippen molar-refractivity contribution in [3.63, 3.8) is 0 Å². The summed E-state index contributed by atoms with van der Waals surface area (Å²) in [5, 5.41) is 3.37. The summed E-state index contributed by atoms with van der Waals surface area (Å²) in [6.45, 7) is 14.2. The lowest BCUT2D eigenvalue weighted by Crippen LogP contribution is -2.28. The van der Waals surface area contributed by atoms with E-state index in [4.69, 9.17) is 0 Å². The summed E-state index contributed by atoms with van der Waals surface area (Å²) in [4.78, 5) is 0. The Bertz CT molecular complexity index is 500. The van der Waals surface area contributed by atoms with E-state index in [2.05, 4.69) is 66.5 Å². The summed E-state index contributed by atoms with van der Waals surface area (Å²) < 4.78 is 0.928. The van der Waals surface area contributed by atoms with Gasteiger partial charge in [0.05, 0.1) is 6.04 Å². The molecule has 0 aliphatic heterocycles. The number of halogens is 1. The van der Waals surface area contributed by atoms with Crippen LogP contribution >= 0.6 is 15.9 Å². The summed E-state index contributed by atoms with van der Waals surface area (Å²) in [6.07, 6.45) is 4.87. The maximum atomic E-state index is 4.07. The highest BCUT2D eigenvalue weighted by Crippen LogP contribution is 2.25. The quantitative estimate of drug-likeness (QED) is 0.730. The zero-order valence-electron chi connectivity index (χ0n) is 12.0. The molecule has 0 spiro atoms. The average Bonchev–Trinajstić information content (AvgIpc) is 2.35. The van der Waals surface area contributed by atoms with Crippen LogP contribution in [0.25, 0.3) is 4.48 Å². The fraction of sp³-hybridized carbons (Fsp3) is 0.294. The van der Waals surface area contributed by atoms with Crippen LogP contribution in [0, 0.1) is 6.92 Å². The van der Waals surface area contributed by atoms with Gasteiger partial charge in [0, 0.05) is 4.48 Å². The molecule has 1 atom stereocenters. The number of aryl methyl sites for hydroxylation is 1. The van der Waals surface area contributed by atoms with E-state index in [1.807, 2.05) is 19.2 Å². The van der Waals surface area contributed by atoms with Crippen molar-refractivity contribution in [3.8, 4) is 0 Å². The molecular weight excluding hydrogens is 298 g/mol. The molecule has 1 rings (SSSR count). The highest BCUT2D eigenvalue weighted by Gasteiger charge is 2.12. The molecular formula is C17H22BrN. The first kappa shape index (κ1) is 15.8. The highest BCUT2D eigenvalue weighted by molar-refractivity contribution is 9.15. The summed E-state index contributed by atoms with van der Waals surface area (Å²) in [7, 11) is 0. The largest absolute Gasteiger partial charge is 0.384 e. The Morgan fingerprint density at radius 1 is 1.42 bits per heavy atom. The third kappa shape index (κ3) is 4.71. The molecule has 0 fully saturated rings. The Kier molecular flexibility index (Phi) is 6.10. The van der Waals surface area contributed by atoms with Crippen molar-refractivity contribution in [2.75, 3.05) is 0 Å². The van der Waals surface area contributed by atoms with Crippen molar-refractivity contribution in [1.29, 1.82) is 0 Å². The molecule has 102 valence electrons. The van der Waals surface area contributed by atoms with Crippen molar-refractivity contribution in [3.05, 3.63) is 65.9 Å². The maximum Gasteiger partial charge on any atom is 0.0503 e. The molecule has 0 radical (unpaired) electrons. The SMILES string of the molecule is C=C(Br)c1cc(C)ccc1CC(N/C=C\C)C(=C)C. The zero-order chi connectivity index (χ0) is 14.4. The third-order valence-corrected chi connectivity index (χ3v) is 3.47. The fourth-order valence-electron chi connectivity index (χ4n) is 1.93. The number of rotatable bonds is 6. The molecule has 1 aromatic rings. The first-order valence-electron chi connectivity index (χ1n) is 6.42. The third-order valence-electron chi connectivity index (χ3n) is 3.04. The Hall–Kier alpha value is -1.28. The first-order valence-corrected chi connectivity index (χ1v) is 7.22. The van der Waals surface area contributed by atoms with Gasteiger partial charge in [-0.25, -0.2) is 0 Å². The Morgan fingerprint density at radius 2 is 2.11 bits per heavy atom. The molecule has 0 saturated carbocycles. The van der Waals surface area contributed by atoms with Gasteiger partial charge in [-0.05, 0) is 44.5 Å². The number of nitrogens with one attached hydrogen (secondary N) is 1. The molecule has 0 heterocycles. The summed E-state index contributed by atoms with van der Waals surface area (Å²) >= 11 is 3.50. The van der Waals surface area contributed by atoms with E-state index in [0.29, 0.717) is 0 Å². The van der Waals surface area contributed by atoms with Crippen LogP contribution < -0.4 is 5.32 Å². The molecule has 0 aliphatic carbocycles. The van der Waals surface area contributed by atoms with Crippen LogP contribution in [0.2, 0.25) is 0 Å². The number of benzene rings is 1. The minimum Gasteiger partial charge on any atom is -0.384 e. The summed E-state index contributed by atoms with van der Waals surface area (Å²) in [5.41, 5.74) is 4.82. The van der Waals surface area contributed by atoms with E-state index < -0.39 is 0 Å². The van der Waals surface area contributed by atoms with Crippen LogP contribution in [0.1, 0.15) is 30.5 Å². The van der Waals surface area contributed by atoms with Gasteiger partial charge in [-0.1, -0.05) is 64.5 Å². The second-order valence-electron chi connectivity index (χ2n) is 4.84. The monoisotopic (exact) mass is 319 g/mol. The van der Waals surface area contributed by atoms with E-state index >= 15 is 0 Å². The van der Waals surface area contributed by atoms with E-state index in [1.54, 1.807) is 0 Å². The fourth-order valence-corrected chi connectivity index (χ4v) is 2.30. The molecule has 1 N–H and O–H groups in total. The molecule has 1 nitrogen and oxygen atoms in total. The Morgan fingerprint density at radius 3 is 2.63 bits per heavy atom. The van der Waals surface area contributed by atoms with Gasteiger partial charge in [-0.3, -0.25) is 0 Å². The summed E-state index contributed by atoms with van der Waals surface area (Å²) in [6, 6.07) is 6.71. The van der Waals surface area contributed by atoms with Gasteiger partial charge in [-0.15, -0.1) is 0 Å². The smallest absolute Gasteiger partial charge is 0.0503 e. The molecule has 2 heteroatoms. The standard InChI is InChI=1S/C17H22BrN/c1-6-9-19-17(12(2)3)11-15-8-7-13(4)10-16(15)14(5)18/h6-10,17,19H,2,5,11H2,1,3-4H3/b9-6-. The van der Waals surface area contributed by atoms with E-state index in [0.717, 1.165) is 16.5 Å². The van der Waals surface area contributed by atoms with Gasteiger partial charge in [0.15, 0.2) is 0 Å². The lowest BCUT2D eigenvalue weighted by atomic mass is 9.95.